The molecule has 0 saturated carbocycles. The first-order valence-electron chi connectivity index (χ1n) is 7.47. The minimum Gasteiger partial charge on any atom is -0.465 e. The minimum absolute atomic E-state index is 0.146. The zero-order chi connectivity index (χ0) is 16.4. The molecule has 0 aliphatic rings. The minimum atomic E-state index is -0.468. The number of unbranched alkanes of at least 4 members (excludes halogenated alkanes) is 2. The van der Waals surface area contributed by atoms with Crippen molar-refractivity contribution in [3.05, 3.63) is 28.8 Å². The first-order valence-corrected chi connectivity index (χ1v) is 7.84. The molecule has 2 N–H and O–H groups in total. The number of hydrogen-bond donors (Lipinski definition) is 2. The molecule has 1 rings (SSSR count). The first-order chi connectivity index (χ1) is 10.6. The summed E-state index contributed by atoms with van der Waals surface area (Å²) < 4.78 is 4.64. The number of carbonyl (C=O) groups excluding carboxylic acids is 2. The maximum atomic E-state index is 11.9. The van der Waals surface area contributed by atoms with E-state index in [1.165, 1.54) is 26.0 Å². The van der Waals surface area contributed by atoms with Crippen molar-refractivity contribution in [2.75, 3.05) is 25.5 Å². The lowest BCUT2D eigenvalue weighted by molar-refractivity contribution is -0.116. The van der Waals surface area contributed by atoms with Crippen LogP contribution in [0.15, 0.2) is 18.2 Å². The number of hydrogen-bond acceptors (Lipinski definition) is 4. The lowest BCUT2D eigenvalue weighted by Gasteiger charge is -2.09. The number of halogens is 1. The summed E-state index contributed by atoms with van der Waals surface area (Å²) >= 11 is 6.02. The third-order valence-corrected chi connectivity index (χ3v) is 3.48. The summed E-state index contributed by atoms with van der Waals surface area (Å²) in [6.45, 7) is 3.68. The first kappa shape index (κ1) is 18.5. The molecule has 0 fully saturated rings. The van der Waals surface area contributed by atoms with E-state index in [1.54, 1.807) is 12.1 Å². The molecule has 0 bridgehead atoms. The predicted octanol–water partition coefficient (Wildman–Crippen LogP) is 3.24. The van der Waals surface area contributed by atoms with Gasteiger partial charge in [-0.1, -0.05) is 31.4 Å². The van der Waals surface area contributed by atoms with Crippen LogP contribution in [0.2, 0.25) is 5.02 Å². The molecule has 0 saturated heterocycles. The Bertz CT molecular complexity index is 506. The van der Waals surface area contributed by atoms with E-state index >= 15 is 0 Å². The molecule has 0 radical (unpaired) electrons. The Balaban J connectivity index is 2.45. The molecule has 1 amide bonds. The van der Waals surface area contributed by atoms with Crippen molar-refractivity contribution in [1.82, 2.24) is 5.32 Å². The van der Waals surface area contributed by atoms with Crippen LogP contribution in [-0.2, 0) is 9.53 Å². The Morgan fingerprint density at radius 1 is 1.23 bits per heavy atom. The van der Waals surface area contributed by atoms with Crippen molar-refractivity contribution >= 4 is 29.2 Å². The molecule has 0 aliphatic heterocycles. The van der Waals surface area contributed by atoms with Gasteiger partial charge in [-0.25, -0.2) is 4.79 Å². The van der Waals surface area contributed by atoms with Gasteiger partial charge >= 0.3 is 5.97 Å². The zero-order valence-corrected chi connectivity index (χ0v) is 13.8. The van der Waals surface area contributed by atoms with Crippen molar-refractivity contribution in [2.24, 2.45) is 0 Å². The Hall–Kier alpha value is -1.59. The Morgan fingerprint density at radius 3 is 2.68 bits per heavy atom. The number of methoxy groups -OCH3 is 1. The highest BCUT2D eigenvalue weighted by molar-refractivity contribution is 6.33. The highest BCUT2D eigenvalue weighted by Gasteiger charge is 2.11. The van der Waals surface area contributed by atoms with Gasteiger partial charge in [-0.3, -0.25) is 4.79 Å². The standard InChI is InChI=1S/C16H23ClN2O3/c1-3-4-5-9-18-10-8-15(20)19-14-11-12(16(21)22-2)6-7-13(14)17/h6-7,11,18H,3-5,8-10H2,1-2H3,(H,19,20). The number of benzene rings is 1. The molecule has 1 aromatic rings. The van der Waals surface area contributed by atoms with E-state index in [2.05, 4.69) is 22.3 Å². The van der Waals surface area contributed by atoms with E-state index in [4.69, 9.17) is 11.6 Å². The number of ether oxygens (including phenoxy) is 1. The number of esters is 1. The summed E-state index contributed by atoms with van der Waals surface area (Å²) in [7, 11) is 1.30. The summed E-state index contributed by atoms with van der Waals surface area (Å²) in [6, 6.07) is 4.63. The molecule has 0 aromatic heterocycles. The van der Waals surface area contributed by atoms with Crippen LogP contribution in [0.4, 0.5) is 5.69 Å². The van der Waals surface area contributed by atoms with Gasteiger partial charge in [0.05, 0.1) is 23.4 Å². The molecule has 0 unspecified atom stereocenters. The number of amides is 1. The topological polar surface area (TPSA) is 67.4 Å². The molecule has 5 nitrogen and oxygen atoms in total. The van der Waals surface area contributed by atoms with Crippen molar-refractivity contribution < 1.29 is 14.3 Å². The fourth-order valence-electron chi connectivity index (χ4n) is 1.91. The number of anilines is 1. The summed E-state index contributed by atoms with van der Waals surface area (Å²) in [5.41, 5.74) is 0.764. The normalized spacial score (nSPS) is 10.3. The zero-order valence-electron chi connectivity index (χ0n) is 13.1. The van der Waals surface area contributed by atoms with Crippen LogP contribution in [0.5, 0.6) is 0 Å². The molecule has 0 aliphatic carbocycles. The monoisotopic (exact) mass is 326 g/mol. The Kier molecular flexibility index (Phi) is 8.55. The van der Waals surface area contributed by atoms with Crippen LogP contribution in [0.1, 0.15) is 43.0 Å². The molecule has 6 heteroatoms. The maximum Gasteiger partial charge on any atom is 0.337 e. The van der Waals surface area contributed by atoms with E-state index in [0.29, 0.717) is 29.2 Å². The molecule has 0 atom stereocenters. The summed E-state index contributed by atoms with van der Waals surface area (Å²) in [5, 5.41) is 6.32. The lowest BCUT2D eigenvalue weighted by Crippen LogP contribution is -2.22. The predicted molar refractivity (Wildman–Crippen MR) is 88.4 cm³/mol. The van der Waals surface area contributed by atoms with Crippen LogP contribution in [-0.4, -0.2) is 32.1 Å². The largest absolute Gasteiger partial charge is 0.465 e. The fraction of sp³-hybridized carbons (Fsp3) is 0.500. The molecule has 122 valence electrons. The van der Waals surface area contributed by atoms with E-state index in [-0.39, 0.29) is 5.91 Å². The van der Waals surface area contributed by atoms with Gasteiger partial charge in [0.25, 0.3) is 0 Å². The van der Waals surface area contributed by atoms with Gasteiger partial charge in [-0.05, 0) is 31.2 Å². The summed E-state index contributed by atoms with van der Waals surface area (Å²) in [4.78, 5) is 23.4. The van der Waals surface area contributed by atoms with Gasteiger partial charge in [0.2, 0.25) is 5.91 Å². The molecule has 1 aromatic carbocycles. The maximum absolute atomic E-state index is 11.9. The van der Waals surface area contributed by atoms with Crippen LogP contribution < -0.4 is 10.6 Å². The SMILES string of the molecule is CCCCCNCCC(=O)Nc1cc(C(=O)OC)ccc1Cl. The second kappa shape index (κ2) is 10.2. The van der Waals surface area contributed by atoms with Gasteiger partial charge < -0.3 is 15.4 Å². The second-order valence-corrected chi connectivity index (χ2v) is 5.35. The van der Waals surface area contributed by atoms with E-state index in [1.807, 2.05) is 0 Å². The van der Waals surface area contributed by atoms with Crippen LogP contribution >= 0.6 is 11.6 Å². The number of carbonyl (C=O) groups is 2. The molecular weight excluding hydrogens is 304 g/mol. The average molecular weight is 327 g/mol. The van der Waals surface area contributed by atoms with Gasteiger partial charge in [-0.2, -0.15) is 0 Å². The highest BCUT2D eigenvalue weighted by atomic mass is 35.5. The van der Waals surface area contributed by atoms with Crippen molar-refractivity contribution in [3.63, 3.8) is 0 Å². The number of rotatable bonds is 9. The molecular formula is C16H23ClN2O3. The lowest BCUT2D eigenvalue weighted by atomic mass is 10.2. The fourth-order valence-corrected chi connectivity index (χ4v) is 2.07. The van der Waals surface area contributed by atoms with E-state index < -0.39 is 5.97 Å². The van der Waals surface area contributed by atoms with Gasteiger partial charge in [-0.15, -0.1) is 0 Å². The average Bonchev–Trinajstić information content (AvgIpc) is 2.52. The smallest absolute Gasteiger partial charge is 0.337 e. The molecule has 0 spiro atoms. The summed E-state index contributed by atoms with van der Waals surface area (Å²) in [5.74, 6) is -0.614. The Morgan fingerprint density at radius 2 is 2.00 bits per heavy atom. The van der Waals surface area contributed by atoms with Crippen molar-refractivity contribution in [1.29, 1.82) is 0 Å². The summed E-state index contributed by atoms with van der Waals surface area (Å²) in [6.07, 6.45) is 3.84. The number of nitrogens with one attached hydrogen (secondary N) is 2. The van der Waals surface area contributed by atoms with Crippen LogP contribution in [0.3, 0.4) is 0 Å². The third kappa shape index (κ3) is 6.45. The quantitative estimate of drug-likeness (QED) is 0.540. The molecule has 0 heterocycles. The van der Waals surface area contributed by atoms with Crippen molar-refractivity contribution in [3.8, 4) is 0 Å². The van der Waals surface area contributed by atoms with Gasteiger partial charge in [0, 0.05) is 13.0 Å². The van der Waals surface area contributed by atoms with E-state index in [9.17, 15) is 9.59 Å². The highest BCUT2D eigenvalue weighted by Crippen LogP contribution is 2.23. The van der Waals surface area contributed by atoms with Gasteiger partial charge in [0.1, 0.15) is 0 Å². The Labute approximate surface area is 136 Å². The van der Waals surface area contributed by atoms with Gasteiger partial charge in [0.15, 0.2) is 0 Å². The van der Waals surface area contributed by atoms with Crippen LogP contribution in [0, 0.1) is 0 Å². The van der Waals surface area contributed by atoms with E-state index in [0.717, 1.165) is 13.0 Å². The van der Waals surface area contributed by atoms with Crippen molar-refractivity contribution in [2.45, 2.75) is 32.6 Å². The van der Waals surface area contributed by atoms with Crippen LogP contribution in [0.25, 0.3) is 0 Å². The second-order valence-electron chi connectivity index (χ2n) is 4.94. The molecule has 22 heavy (non-hydrogen) atoms. The third-order valence-electron chi connectivity index (χ3n) is 3.15.